The summed E-state index contributed by atoms with van der Waals surface area (Å²) in [6.07, 6.45) is 0. The number of aliphatic imine (C=N–C) groups is 2. The van der Waals surface area contributed by atoms with Crippen LogP contribution in [0.15, 0.2) is 52.4 Å². The first-order valence-corrected chi connectivity index (χ1v) is 16.5. The van der Waals surface area contributed by atoms with Gasteiger partial charge in [0, 0.05) is 17.6 Å². The van der Waals surface area contributed by atoms with E-state index in [-0.39, 0.29) is 41.2 Å². The molecular formula is C40H59FeN5. The second-order valence-corrected chi connectivity index (χ2v) is 13.7. The van der Waals surface area contributed by atoms with Crippen molar-refractivity contribution in [1.29, 1.82) is 0 Å². The summed E-state index contributed by atoms with van der Waals surface area (Å²) in [6.45, 7) is 34.1. The smallest absolute Gasteiger partial charge is 0.593 e. The van der Waals surface area contributed by atoms with Gasteiger partial charge in [-0.1, -0.05) is 98.2 Å². The first kappa shape index (κ1) is 40.9. The standard InChI is InChI=1S/C24H34N3.C16H25N2.Fe/c1-15(2)25-24(23-20(8)11-19(7)12-21(23)9)27(16(3)4)26-22-13-17(5)10-18(6)14-22;1-10(2)17-16(18-11(3)4)15-13(6)8-12(5)9-14(15)7;/h10-16H,1-9H3;8-11H,1-7H3;/q2*-1;+2. The minimum absolute atomic E-state index is 0. The minimum atomic E-state index is 0. The maximum Gasteiger partial charge on any atom is 2.00 e. The molecule has 0 saturated carbocycles. The quantitative estimate of drug-likeness (QED) is 0.102. The molecule has 0 saturated heterocycles. The van der Waals surface area contributed by atoms with E-state index in [1.807, 2.05) is 0 Å². The largest absolute Gasteiger partial charge is 2.00 e. The van der Waals surface area contributed by atoms with E-state index in [9.17, 15) is 0 Å². The second kappa shape index (κ2) is 18.3. The van der Waals surface area contributed by atoms with Crippen LogP contribution in [0.4, 0.5) is 5.69 Å². The average Bonchev–Trinajstić information content (AvgIpc) is 2.84. The Balaban J connectivity index is 0.000000487. The molecule has 0 aromatic heterocycles. The molecule has 0 amide bonds. The van der Waals surface area contributed by atoms with E-state index in [0.717, 1.165) is 17.4 Å². The third-order valence-electron chi connectivity index (χ3n) is 7.08. The van der Waals surface area contributed by atoms with Gasteiger partial charge >= 0.3 is 17.1 Å². The molecule has 0 bridgehead atoms. The van der Waals surface area contributed by atoms with Gasteiger partial charge in [0.1, 0.15) is 5.84 Å². The number of nitrogens with zero attached hydrogens (tertiary/aromatic N) is 5. The van der Waals surface area contributed by atoms with E-state index in [1.165, 1.54) is 55.6 Å². The molecule has 0 unspecified atom stereocenters. The van der Waals surface area contributed by atoms with E-state index in [1.54, 1.807) is 0 Å². The molecule has 0 spiro atoms. The topological polar surface area (TPSA) is 56.2 Å². The van der Waals surface area contributed by atoms with Crippen LogP contribution in [0.3, 0.4) is 0 Å². The van der Waals surface area contributed by atoms with E-state index in [4.69, 9.17) is 10.4 Å². The Morgan fingerprint density at radius 3 is 1.30 bits per heavy atom. The Morgan fingerprint density at radius 2 is 0.935 bits per heavy atom. The van der Waals surface area contributed by atoms with Gasteiger partial charge in [0.2, 0.25) is 0 Å². The molecule has 3 aromatic carbocycles. The van der Waals surface area contributed by atoms with Crippen LogP contribution in [0, 0.1) is 55.4 Å². The monoisotopic (exact) mass is 665 g/mol. The molecule has 0 aliphatic carbocycles. The average molecular weight is 666 g/mol. The van der Waals surface area contributed by atoms with Crippen molar-refractivity contribution in [2.24, 2.45) is 9.98 Å². The summed E-state index contributed by atoms with van der Waals surface area (Å²) in [5.41, 5.74) is 18.4. The Morgan fingerprint density at radius 1 is 0.543 bits per heavy atom. The number of amidine groups is 2. The summed E-state index contributed by atoms with van der Waals surface area (Å²) in [4.78, 5) is 9.70. The maximum atomic E-state index is 5.02. The third-order valence-corrected chi connectivity index (χ3v) is 7.08. The summed E-state index contributed by atoms with van der Waals surface area (Å²) in [7, 11) is 0. The minimum Gasteiger partial charge on any atom is -0.593 e. The van der Waals surface area contributed by atoms with Crippen molar-refractivity contribution in [1.82, 2.24) is 5.01 Å². The van der Waals surface area contributed by atoms with Crippen molar-refractivity contribution >= 4 is 17.4 Å². The summed E-state index contributed by atoms with van der Waals surface area (Å²) in [6, 6.07) is 16.2. The Bertz CT molecular complexity index is 1430. The zero-order valence-electron chi connectivity index (χ0n) is 31.4. The van der Waals surface area contributed by atoms with Crippen LogP contribution in [0.2, 0.25) is 0 Å². The number of rotatable bonds is 8. The molecular weight excluding hydrogens is 606 g/mol. The maximum absolute atomic E-state index is 5.02. The van der Waals surface area contributed by atoms with Gasteiger partial charge in [-0.2, -0.15) is 0 Å². The Kier molecular flexibility index (Phi) is 16.3. The van der Waals surface area contributed by atoms with Gasteiger partial charge in [-0.05, 0) is 123 Å². The van der Waals surface area contributed by atoms with Crippen LogP contribution in [-0.2, 0) is 17.1 Å². The number of aryl methyl sites for hydroxylation is 8. The number of benzene rings is 3. The van der Waals surface area contributed by atoms with E-state index in [2.05, 4.69) is 169 Å². The zero-order valence-corrected chi connectivity index (χ0v) is 32.5. The van der Waals surface area contributed by atoms with Crippen LogP contribution in [0.5, 0.6) is 0 Å². The molecule has 0 radical (unpaired) electrons. The third kappa shape index (κ3) is 12.3. The fraction of sp³-hybridized carbons (Fsp3) is 0.500. The molecule has 3 aromatic rings. The number of hydrogen-bond acceptors (Lipinski definition) is 2. The van der Waals surface area contributed by atoms with Crippen molar-refractivity contribution in [3.8, 4) is 0 Å². The molecule has 0 atom stereocenters. The molecule has 46 heavy (non-hydrogen) atoms. The molecule has 0 N–H and O–H groups in total. The van der Waals surface area contributed by atoms with E-state index < -0.39 is 0 Å². The van der Waals surface area contributed by atoms with Crippen LogP contribution in [-0.4, -0.2) is 40.8 Å². The molecule has 0 heterocycles. The van der Waals surface area contributed by atoms with Crippen LogP contribution < -0.4 is 0 Å². The summed E-state index contributed by atoms with van der Waals surface area (Å²) in [5.74, 6) is 1.85. The normalized spacial score (nSPS) is 11.9. The molecule has 252 valence electrons. The van der Waals surface area contributed by atoms with Gasteiger partial charge in [0.05, 0.1) is 0 Å². The zero-order chi connectivity index (χ0) is 34.2. The summed E-state index contributed by atoms with van der Waals surface area (Å²) in [5, 5.41) is 6.77. The molecule has 0 aliphatic heterocycles. The molecule has 3 rings (SSSR count). The predicted octanol–water partition coefficient (Wildman–Crippen LogP) is 11.3. The summed E-state index contributed by atoms with van der Waals surface area (Å²) >= 11 is 0. The van der Waals surface area contributed by atoms with Crippen molar-refractivity contribution in [2.75, 3.05) is 0 Å². The fourth-order valence-electron chi connectivity index (χ4n) is 5.74. The van der Waals surface area contributed by atoms with Gasteiger partial charge in [-0.3, -0.25) is 4.99 Å². The van der Waals surface area contributed by atoms with Gasteiger partial charge < -0.3 is 20.7 Å². The van der Waals surface area contributed by atoms with E-state index in [0.29, 0.717) is 0 Å². The van der Waals surface area contributed by atoms with Crippen LogP contribution in [0.25, 0.3) is 10.7 Å². The van der Waals surface area contributed by atoms with Crippen molar-refractivity contribution < 1.29 is 17.1 Å². The molecule has 5 nitrogen and oxygen atoms in total. The SMILES string of the molecule is Cc1cc(C)c(C(=NC(C)C)[N-]C(C)C)c(C)c1.Cc1cc(C)cc([N-]N(C(=NC(C)C)c2c(C)cc(C)cc2C)C(C)C)c1.[Fe+2]. The van der Waals surface area contributed by atoms with E-state index >= 15 is 0 Å². The van der Waals surface area contributed by atoms with Gasteiger partial charge in [-0.15, -0.1) is 5.69 Å². The molecule has 6 heteroatoms. The molecule has 0 aliphatic rings. The van der Waals surface area contributed by atoms with Crippen molar-refractivity contribution in [3.05, 3.63) is 109 Å². The second-order valence-electron chi connectivity index (χ2n) is 13.7. The first-order chi connectivity index (χ1) is 20.9. The van der Waals surface area contributed by atoms with Gasteiger partial charge in [-0.25, -0.2) is 0 Å². The van der Waals surface area contributed by atoms with Crippen molar-refractivity contribution in [2.45, 2.75) is 135 Å². The Hall–Kier alpha value is -3.08. The predicted molar refractivity (Wildman–Crippen MR) is 199 cm³/mol. The van der Waals surface area contributed by atoms with Crippen molar-refractivity contribution in [3.63, 3.8) is 0 Å². The van der Waals surface area contributed by atoms with Crippen LogP contribution >= 0.6 is 0 Å². The first-order valence-electron chi connectivity index (χ1n) is 16.5. The number of hydrogen-bond donors (Lipinski definition) is 0. The molecule has 0 fully saturated rings. The Labute approximate surface area is 292 Å². The van der Waals surface area contributed by atoms with Crippen LogP contribution in [0.1, 0.15) is 111 Å². The van der Waals surface area contributed by atoms with Gasteiger partial charge in [0.15, 0.2) is 0 Å². The fourth-order valence-corrected chi connectivity index (χ4v) is 5.74. The summed E-state index contributed by atoms with van der Waals surface area (Å²) < 4.78 is 0. The van der Waals surface area contributed by atoms with Gasteiger partial charge in [0.25, 0.3) is 0 Å².